The summed E-state index contributed by atoms with van der Waals surface area (Å²) in [6.45, 7) is 2.33. The van der Waals surface area contributed by atoms with Gasteiger partial charge >= 0.3 is 5.97 Å². The van der Waals surface area contributed by atoms with Gasteiger partial charge < -0.3 is 10.4 Å². The van der Waals surface area contributed by atoms with Gasteiger partial charge in [-0.25, -0.2) is 9.78 Å². The number of rotatable bonds is 6. The molecule has 0 radical (unpaired) electrons. The number of aromatic carboxylic acids is 1. The number of amides is 1. The van der Waals surface area contributed by atoms with Crippen LogP contribution in [0.25, 0.3) is 0 Å². The molecule has 1 amide bonds. The summed E-state index contributed by atoms with van der Waals surface area (Å²) in [5.41, 5.74) is 0.0586. The summed E-state index contributed by atoms with van der Waals surface area (Å²) in [5, 5.41) is 15.8. The van der Waals surface area contributed by atoms with Crippen molar-refractivity contribution in [2.24, 2.45) is 0 Å². The molecule has 2 heterocycles. The SMILES string of the molecule is CC(C(=O)NCCc1nc(C(=O)O)cs1)c1cccs1. The Kier molecular flexibility index (Phi) is 4.86. The van der Waals surface area contributed by atoms with E-state index < -0.39 is 5.97 Å². The highest BCUT2D eigenvalue weighted by Crippen LogP contribution is 2.20. The first-order valence-electron chi connectivity index (χ1n) is 6.06. The van der Waals surface area contributed by atoms with E-state index in [1.54, 1.807) is 11.3 Å². The van der Waals surface area contributed by atoms with E-state index in [2.05, 4.69) is 10.3 Å². The molecule has 0 aliphatic carbocycles. The number of nitrogens with zero attached hydrogens (tertiary/aromatic N) is 1. The molecule has 2 aromatic rings. The molecule has 2 rings (SSSR count). The van der Waals surface area contributed by atoms with Crippen LogP contribution in [0.2, 0.25) is 0 Å². The van der Waals surface area contributed by atoms with Crippen molar-refractivity contribution in [1.82, 2.24) is 10.3 Å². The van der Waals surface area contributed by atoms with Crippen molar-refractivity contribution in [3.63, 3.8) is 0 Å². The Bertz CT molecular complexity index is 593. The highest BCUT2D eigenvalue weighted by Gasteiger charge is 2.15. The summed E-state index contributed by atoms with van der Waals surface area (Å²) < 4.78 is 0. The van der Waals surface area contributed by atoms with E-state index in [1.165, 1.54) is 16.7 Å². The molecule has 0 fully saturated rings. The Morgan fingerprint density at radius 2 is 2.25 bits per heavy atom. The molecule has 0 saturated heterocycles. The highest BCUT2D eigenvalue weighted by molar-refractivity contribution is 7.10. The van der Waals surface area contributed by atoms with Crippen LogP contribution in [0.1, 0.15) is 33.2 Å². The van der Waals surface area contributed by atoms with E-state index in [9.17, 15) is 9.59 Å². The summed E-state index contributed by atoms with van der Waals surface area (Å²) in [5.74, 6) is -1.22. The number of thiophene rings is 1. The third-order valence-electron chi connectivity index (χ3n) is 2.77. The molecule has 0 aromatic carbocycles. The van der Waals surface area contributed by atoms with Crippen molar-refractivity contribution in [2.75, 3.05) is 6.54 Å². The zero-order valence-corrected chi connectivity index (χ0v) is 12.5. The van der Waals surface area contributed by atoms with Crippen molar-refractivity contribution in [3.8, 4) is 0 Å². The molecule has 0 aliphatic heterocycles. The topological polar surface area (TPSA) is 79.3 Å². The average Bonchev–Trinajstić information content (AvgIpc) is 3.08. The summed E-state index contributed by atoms with van der Waals surface area (Å²) in [6, 6.07) is 3.86. The fourth-order valence-electron chi connectivity index (χ4n) is 1.64. The number of hydrogen-bond donors (Lipinski definition) is 2. The number of thiazole rings is 1. The Hall–Kier alpha value is -1.73. The van der Waals surface area contributed by atoms with Gasteiger partial charge in [0.25, 0.3) is 0 Å². The lowest BCUT2D eigenvalue weighted by atomic mass is 10.1. The first-order valence-corrected chi connectivity index (χ1v) is 7.82. The van der Waals surface area contributed by atoms with E-state index in [-0.39, 0.29) is 17.5 Å². The number of aromatic nitrogens is 1. The number of carbonyl (C=O) groups excluding carboxylic acids is 1. The fourth-order valence-corrected chi connectivity index (χ4v) is 3.19. The number of carboxylic acid groups (broad SMARTS) is 1. The monoisotopic (exact) mass is 310 g/mol. The van der Waals surface area contributed by atoms with E-state index in [4.69, 9.17) is 5.11 Å². The van der Waals surface area contributed by atoms with Gasteiger partial charge in [0.05, 0.1) is 10.9 Å². The Morgan fingerprint density at radius 3 is 2.85 bits per heavy atom. The van der Waals surface area contributed by atoms with Gasteiger partial charge in [-0.1, -0.05) is 6.07 Å². The van der Waals surface area contributed by atoms with E-state index in [1.807, 2.05) is 24.4 Å². The second-order valence-corrected chi connectivity index (χ2v) is 6.13. The largest absolute Gasteiger partial charge is 0.476 e. The quantitative estimate of drug-likeness (QED) is 0.858. The summed E-state index contributed by atoms with van der Waals surface area (Å²) in [7, 11) is 0. The van der Waals surface area contributed by atoms with Crippen LogP contribution in [-0.2, 0) is 11.2 Å². The molecule has 2 aromatic heterocycles. The number of carboxylic acids is 1. The van der Waals surface area contributed by atoms with Crippen LogP contribution in [0.15, 0.2) is 22.9 Å². The molecule has 0 saturated carbocycles. The minimum Gasteiger partial charge on any atom is -0.476 e. The fraction of sp³-hybridized carbons (Fsp3) is 0.308. The Labute approximate surface area is 124 Å². The van der Waals surface area contributed by atoms with Gasteiger partial charge in [-0.15, -0.1) is 22.7 Å². The number of carbonyl (C=O) groups is 2. The second-order valence-electron chi connectivity index (χ2n) is 4.21. The minimum absolute atomic E-state index is 0.0255. The minimum atomic E-state index is -1.03. The zero-order chi connectivity index (χ0) is 14.5. The van der Waals surface area contributed by atoms with E-state index >= 15 is 0 Å². The third-order valence-corrected chi connectivity index (χ3v) is 4.74. The number of nitrogens with one attached hydrogen (secondary N) is 1. The zero-order valence-electron chi connectivity index (χ0n) is 10.8. The molecule has 1 atom stereocenters. The third kappa shape index (κ3) is 3.64. The number of hydrogen-bond acceptors (Lipinski definition) is 5. The predicted octanol–water partition coefficient (Wildman–Crippen LogP) is 2.37. The van der Waals surface area contributed by atoms with Crippen LogP contribution in [-0.4, -0.2) is 28.5 Å². The van der Waals surface area contributed by atoms with Gasteiger partial charge in [-0.2, -0.15) is 0 Å². The summed E-state index contributed by atoms with van der Waals surface area (Å²) >= 11 is 2.85. The predicted molar refractivity (Wildman–Crippen MR) is 78.5 cm³/mol. The molecular weight excluding hydrogens is 296 g/mol. The molecular formula is C13H14N2O3S2. The Balaban J connectivity index is 1.80. The summed E-state index contributed by atoms with van der Waals surface area (Å²) in [6.07, 6.45) is 0.543. The molecule has 106 valence electrons. The van der Waals surface area contributed by atoms with E-state index in [0.29, 0.717) is 18.0 Å². The van der Waals surface area contributed by atoms with Gasteiger partial charge in [0, 0.05) is 23.2 Å². The van der Waals surface area contributed by atoms with Gasteiger partial charge in [0.1, 0.15) is 0 Å². The first kappa shape index (κ1) is 14.7. The van der Waals surface area contributed by atoms with Gasteiger partial charge in [-0.3, -0.25) is 4.79 Å². The van der Waals surface area contributed by atoms with Gasteiger partial charge in [0.2, 0.25) is 5.91 Å². The highest BCUT2D eigenvalue weighted by atomic mass is 32.1. The van der Waals surface area contributed by atoms with E-state index in [0.717, 1.165) is 4.88 Å². The molecule has 0 aliphatic rings. The lowest BCUT2D eigenvalue weighted by Gasteiger charge is -2.09. The maximum atomic E-state index is 11.9. The normalized spacial score (nSPS) is 12.1. The molecule has 7 heteroatoms. The van der Waals surface area contributed by atoms with Gasteiger partial charge in [-0.05, 0) is 18.4 Å². The lowest BCUT2D eigenvalue weighted by Crippen LogP contribution is -2.29. The molecule has 0 spiro atoms. The van der Waals surface area contributed by atoms with Crippen molar-refractivity contribution < 1.29 is 14.7 Å². The van der Waals surface area contributed by atoms with Crippen LogP contribution >= 0.6 is 22.7 Å². The van der Waals surface area contributed by atoms with Crippen molar-refractivity contribution in [2.45, 2.75) is 19.3 Å². The molecule has 20 heavy (non-hydrogen) atoms. The molecule has 2 N–H and O–H groups in total. The van der Waals surface area contributed by atoms with Crippen LogP contribution in [0, 0.1) is 0 Å². The van der Waals surface area contributed by atoms with Crippen molar-refractivity contribution in [1.29, 1.82) is 0 Å². The molecule has 1 unspecified atom stereocenters. The summed E-state index contributed by atoms with van der Waals surface area (Å²) in [4.78, 5) is 27.6. The molecule has 5 nitrogen and oxygen atoms in total. The first-order chi connectivity index (χ1) is 9.58. The maximum absolute atomic E-state index is 11.9. The van der Waals surface area contributed by atoms with Gasteiger partial charge in [0.15, 0.2) is 5.69 Å². The van der Waals surface area contributed by atoms with Crippen molar-refractivity contribution >= 4 is 34.6 Å². The van der Waals surface area contributed by atoms with Crippen LogP contribution in [0.3, 0.4) is 0 Å². The van der Waals surface area contributed by atoms with Crippen LogP contribution in [0.4, 0.5) is 0 Å². The standard InChI is InChI=1S/C13H14N2O3S2/c1-8(10-3-2-6-19-10)12(16)14-5-4-11-15-9(7-20-11)13(17)18/h2-3,6-8H,4-5H2,1H3,(H,14,16)(H,17,18). The molecule has 0 bridgehead atoms. The second kappa shape index (κ2) is 6.62. The average molecular weight is 310 g/mol. The van der Waals surface area contributed by atoms with Crippen LogP contribution < -0.4 is 5.32 Å². The smallest absolute Gasteiger partial charge is 0.355 e. The van der Waals surface area contributed by atoms with Crippen LogP contribution in [0.5, 0.6) is 0 Å². The maximum Gasteiger partial charge on any atom is 0.355 e. The lowest BCUT2D eigenvalue weighted by molar-refractivity contribution is -0.122. The van der Waals surface area contributed by atoms with Crippen molar-refractivity contribution in [3.05, 3.63) is 38.5 Å². The Morgan fingerprint density at radius 1 is 1.45 bits per heavy atom.